The first-order valence-corrected chi connectivity index (χ1v) is 8.91. The SMILES string of the molecule is CCCN(CC(=O)Nc1ccccc1C)C(=O)[C@@H]1CCC[C@@H]1CN.Cl. The van der Waals surface area contributed by atoms with Crippen molar-refractivity contribution in [3.8, 4) is 0 Å². The minimum atomic E-state index is -0.145. The van der Waals surface area contributed by atoms with Gasteiger partial charge in [-0.2, -0.15) is 0 Å². The van der Waals surface area contributed by atoms with Gasteiger partial charge < -0.3 is 16.0 Å². The Bertz CT molecular complexity index is 580. The van der Waals surface area contributed by atoms with E-state index >= 15 is 0 Å². The molecule has 3 N–H and O–H groups in total. The van der Waals surface area contributed by atoms with Crippen LogP contribution in [-0.2, 0) is 9.59 Å². The minimum absolute atomic E-state index is 0. The zero-order valence-electron chi connectivity index (χ0n) is 15.2. The molecule has 1 aromatic rings. The predicted octanol–water partition coefficient (Wildman–Crippen LogP) is 2.97. The first-order valence-electron chi connectivity index (χ1n) is 8.91. The van der Waals surface area contributed by atoms with E-state index in [1.54, 1.807) is 4.90 Å². The highest BCUT2D eigenvalue weighted by molar-refractivity contribution is 5.95. The maximum atomic E-state index is 12.8. The maximum Gasteiger partial charge on any atom is 0.244 e. The van der Waals surface area contributed by atoms with Crippen molar-refractivity contribution in [3.63, 3.8) is 0 Å². The lowest BCUT2D eigenvalue weighted by Gasteiger charge is -2.27. The van der Waals surface area contributed by atoms with Gasteiger partial charge in [0.05, 0.1) is 6.54 Å². The average molecular weight is 368 g/mol. The van der Waals surface area contributed by atoms with Gasteiger partial charge in [-0.05, 0) is 50.3 Å². The number of benzene rings is 1. The number of amides is 2. The molecule has 2 rings (SSSR count). The van der Waals surface area contributed by atoms with Crippen LogP contribution in [0, 0.1) is 18.8 Å². The minimum Gasteiger partial charge on any atom is -0.333 e. The number of anilines is 1. The van der Waals surface area contributed by atoms with Gasteiger partial charge in [-0.25, -0.2) is 0 Å². The van der Waals surface area contributed by atoms with E-state index < -0.39 is 0 Å². The smallest absolute Gasteiger partial charge is 0.244 e. The molecule has 1 fully saturated rings. The number of carbonyl (C=O) groups is 2. The number of hydrogen-bond donors (Lipinski definition) is 2. The second-order valence-electron chi connectivity index (χ2n) is 6.66. The molecule has 0 radical (unpaired) electrons. The number of nitrogens with one attached hydrogen (secondary N) is 1. The molecule has 0 aromatic heterocycles. The number of nitrogens with zero attached hydrogens (tertiary/aromatic N) is 1. The quantitative estimate of drug-likeness (QED) is 0.777. The van der Waals surface area contributed by atoms with Gasteiger partial charge in [-0.15, -0.1) is 12.4 Å². The molecule has 2 amide bonds. The summed E-state index contributed by atoms with van der Waals surface area (Å²) in [6, 6.07) is 7.66. The third-order valence-electron chi connectivity index (χ3n) is 4.84. The molecule has 0 aliphatic heterocycles. The Morgan fingerprint density at radius 3 is 2.64 bits per heavy atom. The van der Waals surface area contributed by atoms with Crippen molar-refractivity contribution >= 4 is 29.9 Å². The third-order valence-corrected chi connectivity index (χ3v) is 4.84. The lowest BCUT2D eigenvalue weighted by molar-refractivity contribution is -0.139. The van der Waals surface area contributed by atoms with Crippen LogP contribution in [0.2, 0.25) is 0 Å². The number of carbonyl (C=O) groups excluding carboxylic acids is 2. The summed E-state index contributed by atoms with van der Waals surface area (Å²) < 4.78 is 0. The molecule has 0 bridgehead atoms. The van der Waals surface area contributed by atoms with Crippen LogP contribution in [0.3, 0.4) is 0 Å². The van der Waals surface area contributed by atoms with Crippen LogP contribution in [-0.4, -0.2) is 36.3 Å². The van der Waals surface area contributed by atoms with Crippen molar-refractivity contribution in [2.45, 2.75) is 39.5 Å². The number of hydrogen-bond acceptors (Lipinski definition) is 3. The van der Waals surface area contributed by atoms with Crippen molar-refractivity contribution in [3.05, 3.63) is 29.8 Å². The molecule has 1 aliphatic rings. The van der Waals surface area contributed by atoms with E-state index in [1.807, 2.05) is 38.1 Å². The second kappa shape index (κ2) is 10.4. The van der Waals surface area contributed by atoms with E-state index in [0.29, 0.717) is 13.1 Å². The highest BCUT2D eigenvalue weighted by atomic mass is 35.5. The van der Waals surface area contributed by atoms with Gasteiger partial charge >= 0.3 is 0 Å². The average Bonchev–Trinajstić information content (AvgIpc) is 3.04. The summed E-state index contributed by atoms with van der Waals surface area (Å²) in [6.07, 6.45) is 3.79. The Kier molecular flexibility index (Phi) is 8.93. The highest BCUT2D eigenvalue weighted by Gasteiger charge is 2.35. The normalized spacial score (nSPS) is 19.2. The Morgan fingerprint density at radius 1 is 1.28 bits per heavy atom. The molecule has 25 heavy (non-hydrogen) atoms. The summed E-state index contributed by atoms with van der Waals surface area (Å²) in [6.45, 7) is 5.23. The van der Waals surface area contributed by atoms with Gasteiger partial charge in [0.15, 0.2) is 0 Å². The van der Waals surface area contributed by atoms with Gasteiger partial charge in [0.1, 0.15) is 0 Å². The van der Waals surface area contributed by atoms with Gasteiger partial charge in [0, 0.05) is 18.2 Å². The molecule has 1 saturated carbocycles. The number of para-hydroxylation sites is 1. The summed E-state index contributed by atoms with van der Waals surface area (Å²) in [7, 11) is 0. The van der Waals surface area contributed by atoms with E-state index in [9.17, 15) is 9.59 Å². The van der Waals surface area contributed by atoms with Crippen molar-refractivity contribution < 1.29 is 9.59 Å². The van der Waals surface area contributed by atoms with Crippen LogP contribution in [0.5, 0.6) is 0 Å². The zero-order valence-corrected chi connectivity index (χ0v) is 16.0. The molecule has 5 nitrogen and oxygen atoms in total. The summed E-state index contributed by atoms with van der Waals surface area (Å²) in [5.41, 5.74) is 7.62. The van der Waals surface area contributed by atoms with Crippen LogP contribution < -0.4 is 11.1 Å². The maximum absolute atomic E-state index is 12.8. The van der Waals surface area contributed by atoms with Crippen LogP contribution in [0.15, 0.2) is 24.3 Å². The van der Waals surface area contributed by atoms with Crippen molar-refractivity contribution in [1.82, 2.24) is 4.90 Å². The van der Waals surface area contributed by atoms with Crippen molar-refractivity contribution in [1.29, 1.82) is 0 Å². The second-order valence-corrected chi connectivity index (χ2v) is 6.66. The van der Waals surface area contributed by atoms with E-state index in [1.165, 1.54) is 0 Å². The largest absolute Gasteiger partial charge is 0.333 e. The molecule has 0 spiro atoms. The molecule has 0 heterocycles. The third kappa shape index (κ3) is 5.72. The molecule has 2 atom stereocenters. The molecule has 1 aromatic carbocycles. The number of rotatable bonds is 7. The predicted molar refractivity (Wildman–Crippen MR) is 104 cm³/mol. The Hall–Kier alpha value is -1.59. The highest BCUT2D eigenvalue weighted by Crippen LogP contribution is 2.32. The van der Waals surface area contributed by atoms with Crippen LogP contribution in [0.4, 0.5) is 5.69 Å². The molecule has 0 saturated heterocycles. The monoisotopic (exact) mass is 367 g/mol. The summed E-state index contributed by atoms with van der Waals surface area (Å²) in [5, 5.41) is 2.91. The molecular weight excluding hydrogens is 338 g/mol. The lowest BCUT2D eigenvalue weighted by Crippen LogP contribution is -2.43. The number of halogens is 1. The van der Waals surface area contributed by atoms with Gasteiger partial charge in [-0.3, -0.25) is 9.59 Å². The van der Waals surface area contributed by atoms with Crippen LogP contribution in [0.1, 0.15) is 38.2 Å². The lowest BCUT2D eigenvalue weighted by atomic mass is 9.94. The molecule has 0 unspecified atom stereocenters. The fraction of sp³-hybridized carbons (Fsp3) is 0.579. The molecular formula is C19H30ClN3O2. The zero-order chi connectivity index (χ0) is 17.5. The van der Waals surface area contributed by atoms with E-state index in [2.05, 4.69) is 5.32 Å². The van der Waals surface area contributed by atoms with E-state index in [0.717, 1.165) is 36.9 Å². The fourth-order valence-electron chi connectivity index (χ4n) is 3.49. The van der Waals surface area contributed by atoms with Gasteiger partial charge in [0.25, 0.3) is 0 Å². The van der Waals surface area contributed by atoms with Gasteiger partial charge in [0.2, 0.25) is 11.8 Å². The first kappa shape index (κ1) is 21.5. The molecule has 1 aliphatic carbocycles. The Morgan fingerprint density at radius 2 is 2.00 bits per heavy atom. The number of nitrogens with two attached hydrogens (primary N) is 1. The van der Waals surface area contributed by atoms with Crippen LogP contribution in [0.25, 0.3) is 0 Å². The summed E-state index contributed by atoms with van der Waals surface area (Å²) in [4.78, 5) is 26.9. The van der Waals surface area contributed by atoms with E-state index in [4.69, 9.17) is 5.73 Å². The topological polar surface area (TPSA) is 75.4 Å². The van der Waals surface area contributed by atoms with Crippen molar-refractivity contribution in [2.75, 3.05) is 25.0 Å². The van der Waals surface area contributed by atoms with Gasteiger partial charge in [-0.1, -0.05) is 31.5 Å². The fourth-order valence-corrected chi connectivity index (χ4v) is 3.49. The Balaban J connectivity index is 0.00000312. The van der Waals surface area contributed by atoms with Crippen molar-refractivity contribution in [2.24, 2.45) is 17.6 Å². The number of aryl methyl sites for hydroxylation is 1. The summed E-state index contributed by atoms with van der Waals surface area (Å²) in [5.74, 6) is 0.183. The first-order chi connectivity index (χ1) is 11.6. The molecule has 140 valence electrons. The van der Waals surface area contributed by atoms with E-state index in [-0.39, 0.29) is 42.6 Å². The Labute approximate surface area is 156 Å². The summed E-state index contributed by atoms with van der Waals surface area (Å²) >= 11 is 0. The standard InChI is InChI=1S/C19H29N3O2.ClH/c1-3-11-22(19(24)16-9-6-8-15(16)12-20)13-18(23)21-17-10-5-4-7-14(17)2;/h4-5,7,10,15-16H,3,6,8-9,11-13,20H2,1-2H3,(H,21,23);1H/t15-,16-;/m1./s1. The molecule has 6 heteroatoms. The van der Waals surface area contributed by atoms with Crippen LogP contribution >= 0.6 is 12.4 Å².